The third kappa shape index (κ3) is 2.18. The molecule has 2 amide bonds. The third-order valence-electron chi connectivity index (χ3n) is 4.25. The zero-order valence-electron chi connectivity index (χ0n) is 11.5. The summed E-state index contributed by atoms with van der Waals surface area (Å²) < 4.78 is 4.58. The number of hydrogen-bond donors (Lipinski definition) is 1. The maximum Gasteiger partial charge on any atom is 0.407 e. The number of carbonyl (C=O) groups excluding carboxylic acids is 2. The molecule has 0 aromatic heterocycles. The number of fused-ring (bicyclic) bond motifs is 1. The molecule has 0 bridgehead atoms. The zero-order chi connectivity index (χ0) is 13.4. The van der Waals surface area contributed by atoms with E-state index in [4.69, 9.17) is 0 Å². The lowest BCUT2D eigenvalue weighted by atomic mass is 10.0. The molecule has 102 valence electrons. The quantitative estimate of drug-likeness (QED) is 0.824. The molecule has 18 heavy (non-hydrogen) atoms. The summed E-state index contributed by atoms with van der Waals surface area (Å²) in [7, 11) is 1.31. The lowest BCUT2D eigenvalue weighted by Gasteiger charge is -2.28. The van der Waals surface area contributed by atoms with Crippen LogP contribution in [0.25, 0.3) is 0 Å². The maximum atomic E-state index is 12.5. The van der Waals surface area contributed by atoms with Crippen LogP contribution >= 0.6 is 0 Å². The normalized spacial score (nSPS) is 30.9. The van der Waals surface area contributed by atoms with Gasteiger partial charge in [0.05, 0.1) is 7.11 Å². The van der Waals surface area contributed by atoms with Crippen molar-refractivity contribution in [1.29, 1.82) is 0 Å². The van der Waals surface area contributed by atoms with Crippen molar-refractivity contribution in [2.45, 2.75) is 39.3 Å². The number of amides is 2. The number of nitrogens with zero attached hydrogens (tertiary/aromatic N) is 1. The molecule has 1 N–H and O–H groups in total. The lowest BCUT2D eigenvalue weighted by Crippen LogP contribution is -2.51. The van der Waals surface area contributed by atoms with Crippen LogP contribution in [0, 0.1) is 17.8 Å². The number of methoxy groups -OCH3 is 1. The average molecular weight is 254 g/mol. The number of likely N-dealkylation sites (tertiary alicyclic amines) is 1. The minimum absolute atomic E-state index is 0.0345. The van der Waals surface area contributed by atoms with E-state index in [1.807, 2.05) is 18.7 Å². The fourth-order valence-electron chi connectivity index (χ4n) is 3.04. The largest absolute Gasteiger partial charge is 0.453 e. The standard InChI is InChI=1S/C13H22N2O3/c1-7(2)10(14-13(17)18-4)12(16)15-6-5-9-8(3)11(9)15/h7-11H,5-6H2,1-4H3,(H,14,17)/t8-,9?,10+,11?/m1/s1. The van der Waals surface area contributed by atoms with Gasteiger partial charge in [0.15, 0.2) is 0 Å². The topological polar surface area (TPSA) is 58.6 Å². The molecule has 2 aliphatic rings. The Morgan fingerprint density at radius 3 is 2.50 bits per heavy atom. The summed E-state index contributed by atoms with van der Waals surface area (Å²) in [5, 5.41) is 2.64. The number of rotatable bonds is 3. The molecule has 1 saturated carbocycles. The second-order valence-electron chi connectivity index (χ2n) is 5.69. The molecule has 5 heteroatoms. The number of nitrogens with one attached hydrogen (secondary N) is 1. The molecular formula is C13H22N2O3. The van der Waals surface area contributed by atoms with Crippen molar-refractivity contribution in [3.05, 3.63) is 0 Å². The SMILES string of the molecule is COC(=O)N[C@H](C(=O)N1CCC2C1[C@@H]2C)C(C)C. The molecule has 1 heterocycles. The molecule has 0 aromatic rings. The van der Waals surface area contributed by atoms with Gasteiger partial charge in [0.1, 0.15) is 6.04 Å². The van der Waals surface area contributed by atoms with Crippen molar-refractivity contribution in [1.82, 2.24) is 10.2 Å². The Labute approximate surface area is 108 Å². The average Bonchev–Trinajstić information content (AvgIpc) is 2.79. The summed E-state index contributed by atoms with van der Waals surface area (Å²) in [6, 6.07) is -0.0813. The lowest BCUT2D eigenvalue weighted by molar-refractivity contribution is -0.134. The van der Waals surface area contributed by atoms with Crippen molar-refractivity contribution < 1.29 is 14.3 Å². The first kappa shape index (κ1) is 13.2. The van der Waals surface area contributed by atoms with E-state index in [0.29, 0.717) is 17.9 Å². The number of carbonyl (C=O) groups is 2. The maximum absolute atomic E-state index is 12.5. The molecule has 1 saturated heterocycles. The van der Waals surface area contributed by atoms with E-state index in [1.165, 1.54) is 7.11 Å². The van der Waals surface area contributed by atoms with Gasteiger partial charge in [-0.15, -0.1) is 0 Å². The van der Waals surface area contributed by atoms with Gasteiger partial charge < -0.3 is 15.0 Å². The van der Waals surface area contributed by atoms with Crippen molar-refractivity contribution in [3.63, 3.8) is 0 Å². The predicted octanol–water partition coefficient (Wildman–Crippen LogP) is 1.23. The van der Waals surface area contributed by atoms with Crippen LogP contribution in [-0.2, 0) is 9.53 Å². The van der Waals surface area contributed by atoms with Crippen molar-refractivity contribution in [2.24, 2.45) is 17.8 Å². The van der Waals surface area contributed by atoms with Crippen LogP contribution in [-0.4, -0.2) is 42.6 Å². The number of ether oxygens (including phenoxy) is 1. The summed E-state index contributed by atoms with van der Waals surface area (Å²) >= 11 is 0. The Morgan fingerprint density at radius 2 is 2.06 bits per heavy atom. The number of alkyl carbamates (subject to hydrolysis) is 1. The van der Waals surface area contributed by atoms with E-state index in [2.05, 4.69) is 17.0 Å². The van der Waals surface area contributed by atoms with Gasteiger partial charge in [-0.25, -0.2) is 4.79 Å². The molecule has 0 spiro atoms. The van der Waals surface area contributed by atoms with Gasteiger partial charge in [-0.05, 0) is 24.2 Å². The molecule has 0 aromatic carbocycles. The van der Waals surface area contributed by atoms with Gasteiger partial charge >= 0.3 is 6.09 Å². The van der Waals surface area contributed by atoms with Crippen LogP contribution in [0.5, 0.6) is 0 Å². The van der Waals surface area contributed by atoms with E-state index in [-0.39, 0.29) is 11.8 Å². The van der Waals surface area contributed by atoms with Gasteiger partial charge in [-0.3, -0.25) is 4.79 Å². The van der Waals surface area contributed by atoms with Crippen molar-refractivity contribution in [2.75, 3.05) is 13.7 Å². The summed E-state index contributed by atoms with van der Waals surface area (Å²) in [5.74, 6) is 1.39. The number of piperidine rings is 1. The van der Waals surface area contributed by atoms with Crippen LogP contribution in [0.2, 0.25) is 0 Å². The highest BCUT2D eigenvalue weighted by atomic mass is 16.5. The van der Waals surface area contributed by atoms with Gasteiger partial charge in [-0.2, -0.15) is 0 Å². The Balaban J connectivity index is 2.02. The molecular weight excluding hydrogens is 232 g/mol. The summed E-state index contributed by atoms with van der Waals surface area (Å²) in [6.07, 6.45) is 0.558. The molecule has 1 aliphatic carbocycles. The Hall–Kier alpha value is -1.26. The molecule has 4 atom stereocenters. The van der Waals surface area contributed by atoms with Gasteiger partial charge in [-0.1, -0.05) is 20.8 Å². The first-order chi connectivity index (χ1) is 8.47. The molecule has 0 radical (unpaired) electrons. The van der Waals surface area contributed by atoms with Crippen LogP contribution in [0.15, 0.2) is 0 Å². The first-order valence-electron chi connectivity index (χ1n) is 6.62. The predicted molar refractivity (Wildman–Crippen MR) is 66.9 cm³/mol. The van der Waals surface area contributed by atoms with Gasteiger partial charge in [0.2, 0.25) is 5.91 Å². The van der Waals surface area contributed by atoms with Crippen LogP contribution < -0.4 is 5.32 Å². The van der Waals surface area contributed by atoms with E-state index in [1.54, 1.807) is 0 Å². The highest BCUT2D eigenvalue weighted by molar-refractivity contribution is 5.86. The molecule has 2 fully saturated rings. The van der Waals surface area contributed by atoms with Gasteiger partial charge in [0, 0.05) is 12.6 Å². The first-order valence-corrected chi connectivity index (χ1v) is 6.62. The smallest absolute Gasteiger partial charge is 0.407 e. The Bertz CT molecular complexity index is 356. The van der Waals surface area contributed by atoms with Crippen molar-refractivity contribution >= 4 is 12.0 Å². The second-order valence-corrected chi connectivity index (χ2v) is 5.69. The number of hydrogen-bond acceptors (Lipinski definition) is 3. The highest BCUT2D eigenvalue weighted by Gasteiger charge is 2.56. The Morgan fingerprint density at radius 1 is 1.39 bits per heavy atom. The van der Waals surface area contributed by atoms with Crippen LogP contribution in [0.4, 0.5) is 4.79 Å². The molecule has 5 nitrogen and oxygen atoms in total. The second kappa shape index (κ2) is 4.78. The highest BCUT2D eigenvalue weighted by Crippen LogP contribution is 2.50. The summed E-state index contributed by atoms with van der Waals surface area (Å²) in [4.78, 5) is 25.7. The third-order valence-corrected chi connectivity index (χ3v) is 4.25. The van der Waals surface area contributed by atoms with Crippen LogP contribution in [0.1, 0.15) is 27.2 Å². The summed E-state index contributed by atoms with van der Waals surface area (Å²) in [5.41, 5.74) is 0. The van der Waals surface area contributed by atoms with E-state index >= 15 is 0 Å². The van der Waals surface area contributed by atoms with Crippen LogP contribution in [0.3, 0.4) is 0 Å². The molecule has 2 unspecified atom stereocenters. The minimum Gasteiger partial charge on any atom is -0.453 e. The fourth-order valence-corrected chi connectivity index (χ4v) is 3.04. The van der Waals surface area contributed by atoms with E-state index in [9.17, 15) is 9.59 Å². The van der Waals surface area contributed by atoms with E-state index < -0.39 is 12.1 Å². The Kier molecular flexibility index (Phi) is 3.50. The monoisotopic (exact) mass is 254 g/mol. The molecule has 2 rings (SSSR count). The zero-order valence-corrected chi connectivity index (χ0v) is 11.5. The summed E-state index contributed by atoms with van der Waals surface area (Å²) in [6.45, 7) is 6.88. The van der Waals surface area contributed by atoms with Crippen molar-refractivity contribution in [3.8, 4) is 0 Å². The fraction of sp³-hybridized carbons (Fsp3) is 0.846. The molecule has 1 aliphatic heterocycles. The van der Waals surface area contributed by atoms with E-state index in [0.717, 1.165) is 13.0 Å². The van der Waals surface area contributed by atoms with Gasteiger partial charge in [0.25, 0.3) is 0 Å². The minimum atomic E-state index is -0.540.